The van der Waals surface area contributed by atoms with Gasteiger partial charge in [-0.05, 0) is 24.6 Å². The van der Waals surface area contributed by atoms with Crippen LogP contribution in [0, 0.1) is 5.82 Å². The summed E-state index contributed by atoms with van der Waals surface area (Å²) >= 11 is 17.8. The van der Waals surface area contributed by atoms with Crippen LogP contribution in [0.25, 0.3) is 10.9 Å². The van der Waals surface area contributed by atoms with Crippen molar-refractivity contribution in [2.45, 2.75) is 12.8 Å². The Balaban J connectivity index is 2.85. The van der Waals surface area contributed by atoms with E-state index in [0.717, 1.165) is 0 Å². The second-order valence-corrected chi connectivity index (χ2v) is 4.87. The van der Waals surface area contributed by atoms with Crippen molar-refractivity contribution in [1.29, 1.82) is 0 Å². The van der Waals surface area contributed by atoms with Crippen molar-refractivity contribution in [3.63, 3.8) is 0 Å². The minimum Gasteiger partial charge on any atom is -0.462 e. The summed E-state index contributed by atoms with van der Waals surface area (Å²) in [5, 5.41) is 0.0799. The first-order valence-electron chi connectivity index (χ1n) is 5.70. The highest BCUT2D eigenvalue weighted by atomic mass is 35.5. The van der Waals surface area contributed by atoms with Crippen molar-refractivity contribution in [3.8, 4) is 0 Å². The van der Waals surface area contributed by atoms with Crippen LogP contribution in [-0.2, 0) is 10.6 Å². The largest absolute Gasteiger partial charge is 0.462 e. The molecule has 0 fully saturated rings. The van der Waals surface area contributed by atoms with E-state index in [4.69, 9.17) is 39.5 Å². The molecule has 0 saturated carbocycles. The second kappa shape index (κ2) is 6.12. The van der Waals surface area contributed by atoms with Crippen molar-refractivity contribution in [3.05, 3.63) is 39.3 Å². The number of benzene rings is 1. The second-order valence-electron chi connectivity index (χ2n) is 3.87. The molecule has 0 radical (unpaired) electrons. The van der Waals surface area contributed by atoms with Crippen molar-refractivity contribution in [2.24, 2.45) is 0 Å². The standard InChI is InChI=1S/C13H9Cl3FNO2/c1-2-20-13(19)10-6(5-14)9-8(18-12(10)16)4-3-7(17)11(9)15/h3-4H,2,5H2,1H3. The van der Waals surface area contributed by atoms with Crippen LogP contribution in [0.15, 0.2) is 12.1 Å². The Morgan fingerprint density at radius 2 is 2.10 bits per heavy atom. The third kappa shape index (κ3) is 2.55. The van der Waals surface area contributed by atoms with Gasteiger partial charge >= 0.3 is 5.97 Å². The Kier molecular flexibility index (Phi) is 4.68. The first-order valence-corrected chi connectivity index (χ1v) is 6.99. The Hall–Kier alpha value is -1.10. The maximum Gasteiger partial charge on any atom is 0.341 e. The number of esters is 1. The van der Waals surface area contributed by atoms with Gasteiger partial charge in [-0.2, -0.15) is 0 Å². The number of alkyl halides is 1. The topological polar surface area (TPSA) is 39.2 Å². The van der Waals surface area contributed by atoms with Gasteiger partial charge in [-0.25, -0.2) is 14.2 Å². The molecular weight excluding hydrogens is 328 g/mol. The van der Waals surface area contributed by atoms with Gasteiger partial charge in [-0.3, -0.25) is 0 Å². The number of halogens is 4. The lowest BCUT2D eigenvalue weighted by molar-refractivity contribution is 0.0525. The van der Waals surface area contributed by atoms with Gasteiger partial charge in [-0.15, -0.1) is 11.6 Å². The van der Waals surface area contributed by atoms with E-state index in [1.807, 2.05) is 0 Å². The molecule has 2 aromatic rings. The molecule has 7 heteroatoms. The van der Waals surface area contributed by atoms with Gasteiger partial charge in [0.05, 0.1) is 17.1 Å². The fourth-order valence-corrected chi connectivity index (χ4v) is 2.70. The zero-order valence-electron chi connectivity index (χ0n) is 10.3. The van der Waals surface area contributed by atoms with Gasteiger partial charge in [0.1, 0.15) is 16.5 Å². The summed E-state index contributed by atoms with van der Waals surface area (Å²) in [4.78, 5) is 16.0. The molecule has 106 valence electrons. The van der Waals surface area contributed by atoms with Crippen LogP contribution in [-0.4, -0.2) is 17.6 Å². The Labute approximate surface area is 129 Å². The molecular formula is C13H9Cl3FNO2. The van der Waals surface area contributed by atoms with E-state index in [1.165, 1.54) is 12.1 Å². The molecule has 0 bridgehead atoms. The van der Waals surface area contributed by atoms with Gasteiger partial charge < -0.3 is 4.74 Å². The highest BCUT2D eigenvalue weighted by Crippen LogP contribution is 2.34. The highest BCUT2D eigenvalue weighted by molar-refractivity contribution is 6.38. The van der Waals surface area contributed by atoms with Gasteiger partial charge in [0, 0.05) is 11.3 Å². The van der Waals surface area contributed by atoms with Gasteiger partial charge in [0.2, 0.25) is 0 Å². The van der Waals surface area contributed by atoms with Crippen LogP contribution >= 0.6 is 34.8 Å². The minimum absolute atomic E-state index is 0.0171. The predicted octanol–water partition coefficient (Wildman–Crippen LogP) is 4.60. The first kappa shape index (κ1) is 15.3. The van der Waals surface area contributed by atoms with Crippen LogP contribution in [0.2, 0.25) is 10.2 Å². The van der Waals surface area contributed by atoms with Crippen molar-refractivity contribution >= 4 is 51.7 Å². The van der Waals surface area contributed by atoms with Gasteiger partial charge in [0.15, 0.2) is 0 Å². The van der Waals surface area contributed by atoms with Crippen LogP contribution in [0.4, 0.5) is 4.39 Å². The molecule has 0 aliphatic rings. The molecule has 2 rings (SSSR count). The van der Waals surface area contributed by atoms with Crippen LogP contribution in [0.3, 0.4) is 0 Å². The normalized spacial score (nSPS) is 10.8. The first-order chi connectivity index (χ1) is 9.51. The number of carbonyl (C=O) groups is 1. The molecule has 0 saturated heterocycles. The van der Waals surface area contributed by atoms with Crippen molar-refractivity contribution < 1.29 is 13.9 Å². The fourth-order valence-electron chi connectivity index (χ4n) is 1.88. The monoisotopic (exact) mass is 335 g/mol. The zero-order chi connectivity index (χ0) is 14.9. The lowest BCUT2D eigenvalue weighted by Crippen LogP contribution is -2.10. The van der Waals surface area contributed by atoms with E-state index >= 15 is 0 Å². The van der Waals surface area contributed by atoms with E-state index in [0.29, 0.717) is 11.1 Å². The molecule has 0 aliphatic heterocycles. The zero-order valence-corrected chi connectivity index (χ0v) is 12.6. The lowest BCUT2D eigenvalue weighted by atomic mass is 10.0. The van der Waals surface area contributed by atoms with E-state index in [1.54, 1.807) is 6.92 Å². The summed E-state index contributed by atoms with van der Waals surface area (Å²) < 4.78 is 18.5. The average molecular weight is 337 g/mol. The molecule has 0 spiro atoms. The molecule has 1 heterocycles. The Bertz CT molecular complexity index is 691. The molecule has 20 heavy (non-hydrogen) atoms. The highest BCUT2D eigenvalue weighted by Gasteiger charge is 2.23. The quantitative estimate of drug-likeness (QED) is 0.467. The summed E-state index contributed by atoms with van der Waals surface area (Å²) in [6.45, 7) is 1.83. The molecule has 1 aromatic heterocycles. The van der Waals surface area contributed by atoms with Crippen LogP contribution in [0.1, 0.15) is 22.8 Å². The molecule has 0 atom stereocenters. The molecule has 0 aliphatic carbocycles. The van der Waals surface area contributed by atoms with E-state index < -0.39 is 11.8 Å². The predicted molar refractivity (Wildman–Crippen MR) is 77.2 cm³/mol. The summed E-state index contributed by atoms with van der Waals surface area (Å²) in [6, 6.07) is 2.60. The number of nitrogens with zero attached hydrogens (tertiary/aromatic N) is 1. The van der Waals surface area contributed by atoms with E-state index in [2.05, 4.69) is 4.98 Å². The maximum atomic E-state index is 13.6. The molecule has 0 unspecified atom stereocenters. The lowest BCUT2D eigenvalue weighted by Gasteiger charge is -2.12. The summed E-state index contributed by atoms with van der Waals surface area (Å²) in [5.41, 5.74) is 0.693. The Morgan fingerprint density at radius 1 is 1.40 bits per heavy atom. The van der Waals surface area contributed by atoms with E-state index in [9.17, 15) is 9.18 Å². The summed E-state index contributed by atoms with van der Waals surface area (Å²) in [7, 11) is 0. The number of fused-ring (bicyclic) bond motifs is 1. The molecule has 0 N–H and O–H groups in total. The van der Waals surface area contributed by atoms with Crippen molar-refractivity contribution in [1.82, 2.24) is 4.98 Å². The number of hydrogen-bond acceptors (Lipinski definition) is 3. The number of aromatic nitrogens is 1. The number of hydrogen-bond donors (Lipinski definition) is 0. The van der Waals surface area contributed by atoms with Crippen molar-refractivity contribution in [2.75, 3.05) is 6.61 Å². The SMILES string of the molecule is CCOC(=O)c1c(Cl)nc2ccc(F)c(Cl)c2c1CCl. The van der Waals surface area contributed by atoms with E-state index in [-0.39, 0.29) is 33.6 Å². The molecule has 3 nitrogen and oxygen atoms in total. The minimum atomic E-state index is -0.664. The number of ether oxygens (including phenoxy) is 1. The van der Waals surface area contributed by atoms with Gasteiger partial charge in [-0.1, -0.05) is 23.2 Å². The van der Waals surface area contributed by atoms with Gasteiger partial charge in [0.25, 0.3) is 0 Å². The Morgan fingerprint density at radius 3 is 2.70 bits per heavy atom. The fraction of sp³-hybridized carbons (Fsp3) is 0.231. The van der Waals surface area contributed by atoms with Crippen LogP contribution in [0.5, 0.6) is 0 Å². The molecule has 0 amide bonds. The smallest absolute Gasteiger partial charge is 0.341 e. The van der Waals surface area contributed by atoms with Crippen LogP contribution < -0.4 is 0 Å². The number of rotatable bonds is 3. The average Bonchev–Trinajstić information content (AvgIpc) is 2.41. The third-order valence-electron chi connectivity index (χ3n) is 2.71. The number of pyridine rings is 1. The maximum absolute atomic E-state index is 13.6. The number of carbonyl (C=O) groups excluding carboxylic acids is 1. The third-order valence-corrected chi connectivity index (χ3v) is 3.62. The molecule has 1 aromatic carbocycles. The summed E-state index contributed by atoms with van der Waals surface area (Å²) in [5.74, 6) is -1.36. The summed E-state index contributed by atoms with van der Waals surface area (Å²) in [6.07, 6.45) is 0.